The Hall–Kier alpha value is -0.620. The summed E-state index contributed by atoms with van der Waals surface area (Å²) in [4.78, 5) is 13.7. The molecule has 0 aromatic heterocycles. The highest BCUT2D eigenvalue weighted by molar-refractivity contribution is 14.1. The predicted octanol–water partition coefficient (Wildman–Crippen LogP) is 2.40. The molecule has 4 heteroatoms. The van der Waals surface area contributed by atoms with Crippen molar-refractivity contribution in [3.8, 4) is 0 Å². The lowest BCUT2D eigenvalue weighted by Gasteiger charge is -2.13. The summed E-state index contributed by atoms with van der Waals surface area (Å²) >= 11 is 2.18. The molecule has 0 heterocycles. The Morgan fingerprint density at radius 2 is 2.25 bits per heavy atom. The Kier molecular flexibility index (Phi) is 5.76. The van der Waals surface area contributed by atoms with Gasteiger partial charge in [-0.25, -0.2) is 4.79 Å². The van der Waals surface area contributed by atoms with Crippen molar-refractivity contribution >= 4 is 28.6 Å². The van der Waals surface area contributed by atoms with Gasteiger partial charge in [0, 0.05) is 10.1 Å². The molecule has 1 rings (SSSR count). The van der Waals surface area contributed by atoms with Crippen LogP contribution in [0.2, 0.25) is 0 Å². The molecule has 1 aromatic rings. The summed E-state index contributed by atoms with van der Waals surface area (Å²) in [6.07, 6.45) is 0. The van der Waals surface area contributed by atoms with Gasteiger partial charge in [0.25, 0.3) is 0 Å². The average Bonchev–Trinajstić information content (AvgIpc) is 2.28. The lowest BCUT2D eigenvalue weighted by atomic mass is 10.2. The van der Waals surface area contributed by atoms with Crippen molar-refractivity contribution in [1.82, 2.24) is 4.90 Å². The Bertz CT molecular complexity index is 355. The van der Waals surface area contributed by atoms with E-state index in [9.17, 15) is 4.79 Å². The van der Waals surface area contributed by atoms with Crippen LogP contribution in [0.5, 0.6) is 0 Å². The second-order valence-electron chi connectivity index (χ2n) is 3.54. The molecule has 0 saturated carbocycles. The Morgan fingerprint density at radius 3 is 2.88 bits per heavy atom. The molecule has 88 valence electrons. The molecule has 3 nitrogen and oxygen atoms in total. The zero-order valence-electron chi connectivity index (χ0n) is 9.57. The van der Waals surface area contributed by atoms with Crippen LogP contribution in [0.25, 0.3) is 0 Å². The molecule has 1 aromatic carbocycles. The van der Waals surface area contributed by atoms with Crippen LogP contribution in [0.15, 0.2) is 24.3 Å². The van der Waals surface area contributed by atoms with E-state index in [0.29, 0.717) is 12.2 Å². The second kappa shape index (κ2) is 6.85. The fourth-order valence-corrected chi connectivity index (χ4v) is 1.69. The summed E-state index contributed by atoms with van der Waals surface area (Å²) in [5.74, 6) is -0.247. The summed E-state index contributed by atoms with van der Waals surface area (Å²) in [5, 5.41) is 0. The molecule has 0 aliphatic heterocycles. The Balaban J connectivity index is 2.41. The van der Waals surface area contributed by atoms with Gasteiger partial charge in [-0.2, -0.15) is 0 Å². The van der Waals surface area contributed by atoms with E-state index in [1.54, 1.807) is 6.07 Å². The third-order valence-electron chi connectivity index (χ3n) is 2.31. The van der Waals surface area contributed by atoms with Crippen molar-refractivity contribution in [2.45, 2.75) is 6.92 Å². The maximum atomic E-state index is 11.6. The molecule has 0 saturated heterocycles. The highest BCUT2D eigenvalue weighted by Crippen LogP contribution is 2.08. The minimum atomic E-state index is -0.247. The SMILES string of the molecule is CCN(C)CCOC(=O)c1cccc(I)c1. The molecule has 16 heavy (non-hydrogen) atoms. The van der Waals surface area contributed by atoms with Crippen LogP contribution in [0.3, 0.4) is 0 Å². The third-order valence-corrected chi connectivity index (χ3v) is 2.98. The van der Waals surface area contributed by atoms with E-state index in [4.69, 9.17) is 4.74 Å². The molecule has 0 aliphatic carbocycles. The normalized spacial score (nSPS) is 10.5. The van der Waals surface area contributed by atoms with Crippen molar-refractivity contribution in [3.05, 3.63) is 33.4 Å². The smallest absolute Gasteiger partial charge is 0.338 e. The van der Waals surface area contributed by atoms with Crippen molar-refractivity contribution < 1.29 is 9.53 Å². The molecule has 0 radical (unpaired) electrons. The molecule has 0 aliphatic rings. The number of esters is 1. The van der Waals surface area contributed by atoms with E-state index in [1.807, 2.05) is 25.2 Å². The molecular weight excluding hydrogens is 317 g/mol. The number of carbonyl (C=O) groups is 1. The standard InChI is InChI=1S/C12H16INO2/c1-3-14(2)7-8-16-12(15)10-5-4-6-11(13)9-10/h4-6,9H,3,7-8H2,1-2H3. The summed E-state index contributed by atoms with van der Waals surface area (Å²) in [6.45, 7) is 4.24. The number of nitrogens with zero attached hydrogens (tertiary/aromatic N) is 1. The fourth-order valence-electron chi connectivity index (χ4n) is 1.15. The Morgan fingerprint density at radius 1 is 1.50 bits per heavy atom. The van der Waals surface area contributed by atoms with Gasteiger partial charge in [-0.15, -0.1) is 0 Å². The largest absolute Gasteiger partial charge is 0.461 e. The van der Waals surface area contributed by atoms with Gasteiger partial charge in [-0.3, -0.25) is 0 Å². The quantitative estimate of drug-likeness (QED) is 0.612. The molecule has 0 fully saturated rings. The van der Waals surface area contributed by atoms with Gasteiger partial charge in [0.15, 0.2) is 0 Å². The number of benzene rings is 1. The molecule has 0 atom stereocenters. The van der Waals surface area contributed by atoms with Crippen molar-refractivity contribution in [2.75, 3.05) is 26.7 Å². The van der Waals surface area contributed by atoms with Crippen molar-refractivity contribution in [3.63, 3.8) is 0 Å². The number of hydrogen-bond donors (Lipinski definition) is 0. The van der Waals surface area contributed by atoms with Gasteiger partial charge in [0.1, 0.15) is 6.61 Å². The van der Waals surface area contributed by atoms with E-state index in [-0.39, 0.29) is 5.97 Å². The van der Waals surface area contributed by atoms with E-state index in [2.05, 4.69) is 34.4 Å². The van der Waals surface area contributed by atoms with Crippen LogP contribution in [0, 0.1) is 3.57 Å². The van der Waals surface area contributed by atoms with Crippen LogP contribution < -0.4 is 0 Å². The number of halogens is 1. The third kappa shape index (κ3) is 4.49. The number of hydrogen-bond acceptors (Lipinski definition) is 3. The van der Waals surface area contributed by atoms with Gasteiger partial charge in [-0.1, -0.05) is 13.0 Å². The van der Waals surface area contributed by atoms with E-state index in [0.717, 1.165) is 16.7 Å². The first-order valence-electron chi connectivity index (χ1n) is 5.24. The lowest BCUT2D eigenvalue weighted by Crippen LogP contribution is -2.24. The molecular formula is C12H16INO2. The van der Waals surface area contributed by atoms with Gasteiger partial charge >= 0.3 is 5.97 Å². The van der Waals surface area contributed by atoms with E-state index >= 15 is 0 Å². The van der Waals surface area contributed by atoms with Gasteiger partial charge in [0.2, 0.25) is 0 Å². The highest BCUT2D eigenvalue weighted by atomic mass is 127. The maximum Gasteiger partial charge on any atom is 0.338 e. The number of carbonyl (C=O) groups excluding carboxylic acids is 1. The molecule has 0 amide bonds. The summed E-state index contributed by atoms with van der Waals surface area (Å²) in [5.41, 5.74) is 0.617. The summed E-state index contributed by atoms with van der Waals surface area (Å²) in [7, 11) is 2.00. The van der Waals surface area contributed by atoms with Crippen LogP contribution in [0.1, 0.15) is 17.3 Å². The first-order chi connectivity index (χ1) is 7.63. The zero-order chi connectivity index (χ0) is 12.0. The fraction of sp³-hybridized carbons (Fsp3) is 0.417. The minimum Gasteiger partial charge on any atom is -0.461 e. The zero-order valence-corrected chi connectivity index (χ0v) is 11.7. The topological polar surface area (TPSA) is 29.5 Å². The Labute approximate surface area is 110 Å². The monoisotopic (exact) mass is 333 g/mol. The average molecular weight is 333 g/mol. The first kappa shape index (κ1) is 13.4. The minimum absolute atomic E-state index is 0.247. The van der Waals surface area contributed by atoms with E-state index < -0.39 is 0 Å². The molecule has 0 unspecified atom stereocenters. The van der Waals surface area contributed by atoms with Crippen LogP contribution in [-0.4, -0.2) is 37.6 Å². The van der Waals surface area contributed by atoms with Crippen molar-refractivity contribution in [2.24, 2.45) is 0 Å². The number of likely N-dealkylation sites (N-methyl/N-ethyl adjacent to an activating group) is 1. The molecule has 0 bridgehead atoms. The van der Waals surface area contributed by atoms with Gasteiger partial charge in [0.05, 0.1) is 5.56 Å². The molecule has 0 spiro atoms. The number of rotatable bonds is 5. The van der Waals surface area contributed by atoms with Crippen molar-refractivity contribution in [1.29, 1.82) is 0 Å². The summed E-state index contributed by atoms with van der Waals surface area (Å²) < 4.78 is 6.21. The van der Waals surface area contributed by atoms with Gasteiger partial charge < -0.3 is 9.64 Å². The first-order valence-corrected chi connectivity index (χ1v) is 6.32. The van der Waals surface area contributed by atoms with Gasteiger partial charge in [-0.05, 0) is 54.4 Å². The van der Waals surface area contributed by atoms with Crippen LogP contribution in [0.4, 0.5) is 0 Å². The van der Waals surface area contributed by atoms with E-state index in [1.165, 1.54) is 0 Å². The summed E-state index contributed by atoms with van der Waals surface area (Å²) in [6, 6.07) is 7.40. The predicted molar refractivity (Wildman–Crippen MR) is 72.6 cm³/mol. The maximum absolute atomic E-state index is 11.6. The van der Waals surface area contributed by atoms with Crippen LogP contribution >= 0.6 is 22.6 Å². The molecule has 0 N–H and O–H groups in total. The number of ether oxygens (including phenoxy) is 1. The second-order valence-corrected chi connectivity index (χ2v) is 4.79. The highest BCUT2D eigenvalue weighted by Gasteiger charge is 2.07. The lowest BCUT2D eigenvalue weighted by molar-refractivity contribution is 0.0475. The van der Waals surface area contributed by atoms with Crippen LogP contribution in [-0.2, 0) is 4.74 Å².